The molecule has 0 bridgehead atoms. The topological polar surface area (TPSA) is 121 Å². The minimum Gasteiger partial charge on any atom is -0.495 e. The van der Waals surface area contributed by atoms with Crippen LogP contribution in [0.15, 0.2) is 77.8 Å². The first-order chi connectivity index (χ1) is 18.0. The summed E-state index contributed by atoms with van der Waals surface area (Å²) in [6.07, 6.45) is 5.35. The Labute approximate surface area is 219 Å². The molecule has 0 radical (unpaired) electrons. The van der Waals surface area contributed by atoms with Crippen molar-refractivity contribution in [3.63, 3.8) is 0 Å². The van der Waals surface area contributed by atoms with Crippen LogP contribution < -0.4 is 20.3 Å². The number of methoxy groups -OCH3 is 1. The van der Waals surface area contributed by atoms with Crippen LogP contribution in [0.5, 0.6) is 5.75 Å². The number of carbonyl (C=O) groups excluding carboxylic acids is 1. The second-order valence-electron chi connectivity index (χ2n) is 8.79. The van der Waals surface area contributed by atoms with Gasteiger partial charge in [0.05, 0.1) is 7.11 Å². The zero-order chi connectivity index (χ0) is 26.2. The minimum atomic E-state index is -1.55. The number of hydrogen-bond acceptors (Lipinski definition) is 5. The molecule has 1 amide bonds. The van der Waals surface area contributed by atoms with Crippen LogP contribution in [-0.2, 0) is 15.8 Å². The zero-order valence-corrected chi connectivity index (χ0v) is 21.6. The maximum absolute atomic E-state index is 13.8. The van der Waals surface area contributed by atoms with Gasteiger partial charge < -0.3 is 15.5 Å². The van der Waals surface area contributed by atoms with Crippen LogP contribution in [0.1, 0.15) is 32.1 Å². The summed E-state index contributed by atoms with van der Waals surface area (Å²) in [5.74, 6) is 0.135. The van der Waals surface area contributed by atoms with Gasteiger partial charge in [-0.25, -0.2) is 9.69 Å². The molecule has 4 aromatic rings. The highest BCUT2D eigenvalue weighted by Crippen LogP contribution is 2.31. The largest absolute Gasteiger partial charge is 0.495 e. The summed E-state index contributed by atoms with van der Waals surface area (Å²) < 4.78 is 21.1. The minimum absolute atomic E-state index is 0.280. The first-order valence-electron chi connectivity index (χ1n) is 12.2. The number of aromatic nitrogens is 1. The molecule has 0 fully saturated rings. The molecule has 0 aliphatic rings. The number of H-pyrrole nitrogens is 1. The Hall–Kier alpha value is -3.82. The molecule has 3 aromatic carbocycles. The number of anilines is 2. The van der Waals surface area contributed by atoms with E-state index in [9.17, 15) is 9.00 Å². The molecule has 1 aromatic heterocycles. The number of fused-ring (bicyclic) bond motifs is 1. The van der Waals surface area contributed by atoms with E-state index in [0.717, 1.165) is 47.0 Å². The highest BCUT2D eigenvalue weighted by atomic mass is 32.2. The monoisotopic (exact) mass is 520 g/mol. The van der Waals surface area contributed by atoms with E-state index in [0.29, 0.717) is 29.3 Å². The lowest BCUT2D eigenvalue weighted by Gasteiger charge is -2.25. The quantitative estimate of drug-likeness (QED) is 0.0861. The van der Waals surface area contributed by atoms with Gasteiger partial charge in [0.15, 0.2) is 11.0 Å². The Morgan fingerprint density at radius 2 is 1.76 bits per heavy atom. The van der Waals surface area contributed by atoms with Crippen LogP contribution in [0, 0.1) is 0 Å². The van der Waals surface area contributed by atoms with Crippen molar-refractivity contribution in [1.29, 1.82) is 0 Å². The number of benzene rings is 3. The lowest BCUT2D eigenvalue weighted by atomic mass is 10.0. The van der Waals surface area contributed by atoms with Crippen molar-refractivity contribution in [3.05, 3.63) is 72.9 Å². The molecule has 37 heavy (non-hydrogen) atoms. The number of rotatable bonds is 12. The van der Waals surface area contributed by atoms with Gasteiger partial charge in [-0.3, -0.25) is 14.3 Å². The fraction of sp³-hybridized carbons (Fsp3) is 0.250. The number of unbranched alkanes of at least 4 members (excludes halogenated alkanes) is 3. The molecular weight excluding hydrogens is 488 g/mol. The van der Waals surface area contributed by atoms with E-state index in [4.69, 9.17) is 15.7 Å². The van der Waals surface area contributed by atoms with Gasteiger partial charge in [-0.2, -0.15) is 0 Å². The van der Waals surface area contributed by atoms with Gasteiger partial charge in [0, 0.05) is 36.1 Å². The molecule has 0 spiro atoms. The van der Waals surface area contributed by atoms with Crippen molar-refractivity contribution >= 4 is 39.2 Å². The zero-order valence-electron chi connectivity index (χ0n) is 20.8. The summed E-state index contributed by atoms with van der Waals surface area (Å²) in [5.41, 5.74) is 12.2. The molecule has 0 aliphatic heterocycles. The van der Waals surface area contributed by atoms with Crippen molar-refractivity contribution < 1.29 is 18.9 Å². The van der Waals surface area contributed by atoms with Gasteiger partial charge in [0.2, 0.25) is 5.91 Å². The average Bonchev–Trinajstić information content (AvgIpc) is 3.40. The smallest absolute Gasteiger partial charge is 0.243 e. The number of nitrogens with zero attached hydrogens (tertiary/aromatic N) is 1. The molecule has 5 N–H and O–H groups in total. The Bertz CT molecular complexity index is 1370. The number of nitrogen functional groups attached to an aromatic ring is 1. The van der Waals surface area contributed by atoms with E-state index in [2.05, 4.69) is 23.2 Å². The molecule has 0 saturated carbocycles. The number of aromatic amines is 1. The van der Waals surface area contributed by atoms with Crippen LogP contribution in [0.25, 0.3) is 22.0 Å². The van der Waals surface area contributed by atoms with Crippen molar-refractivity contribution in [2.75, 3.05) is 23.7 Å². The summed E-state index contributed by atoms with van der Waals surface area (Å²) in [6, 6.07) is 21.5. The van der Waals surface area contributed by atoms with Crippen molar-refractivity contribution in [2.45, 2.75) is 37.0 Å². The molecule has 1 atom stereocenters. The first-order valence-corrected chi connectivity index (χ1v) is 13.3. The van der Waals surface area contributed by atoms with Crippen LogP contribution >= 0.6 is 0 Å². The van der Waals surface area contributed by atoms with E-state index >= 15 is 0 Å². The van der Waals surface area contributed by atoms with Gasteiger partial charge in [-0.15, -0.1) is 0 Å². The van der Waals surface area contributed by atoms with Crippen LogP contribution in [0.4, 0.5) is 11.4 Å². The van der Waals surface area contributed by atoms with Crippen molar-refractivity contribution in [2.24, 2.45) is 0 Å². The molecule has 4 rings (SSSR count). The van der Waals surface area contributed by atoms with Gasteiger partial charge in [0.1, 0.15) is 10.6 Å². The van der Waals surface area contributed by atoms with Gasteiger partial charge in [-0.1, -0.05) is 37.1 Å². The standard InChI is InChI=1S/C28H32N4O4S/c1-36-26-14-11-23(29)19-27(26)37(35)32(17-5-3-2-4-6-28(33)31-34)24-12-9-20(10-13-24)22-8-7-21-15-16-30-25(21)18-22/h7-16,18-19,30,34H,2-6,17,29H2,1H3,(H,31,33). The summed E-state index contributed by atoms with van der Waals surface area (Å²) in [5, 5.41) is 9.80. The highest BCUT2D eigenvalue weighted by Gasteiger charge is 2.20. The van der Waals surface area contributed by atoms with Gasteiger partial charge in [0.25, 0.3) is 0 Å². The third-order valence-corrected chi connectivity index (χ3v) is 7.75. The maximum atomic E-state index is 13.8. The third-order valence-electron chi connectivity index (χ3n) is 6.26. The predicted molar refractivity (Wildman–Crippen MR) is 148 cm³/mol. The van der Waals surface area contributed by atoms with Crippen LogP contribution in [0.2, 0.25) is 0 Å². The lowest BCUT2D eigenvalue weighted by molar-refractivity contribution is -0.129. The number of carbonyl (C=O) groups is 1. The number of amides is 1. The van der Waals surface area contributed by atoms with E-state index < -0.39 is 11.0 Å². The van der Waals surface area contributed by atoms with Crippen molar-refractivity contribution in [3.8, 4) is 16.9 Å². The molecular formula is C28H32N4O4S. The summed E-state index contributed by atoms with van der Waals surface area (Å²) in [7, 11) is 0.00251. The molecule has 0 saturated heterocycles. The Morgan fingerprint density at radius 3 is 2.51 bits per heavy atom. The number of nitrogens with one attached hydrogen (secondary N) is 2. The average molecular weight is 521 g/mol. The predicted octanol–water partition coefficient (Wildman–Crippen LogP) is 5.41. The normalized spacial score (nSPS) is 11.8. The van der Waals surface area contributed by atoms with Gasteiger partial charge in [-0.05, 0) is 71.8 Å². The molecule has 1 heterocycles. The van der Waals surface area contributed by atoms with Gasteiger partial charge >= 0.3 is 0 Å². The number of hydroxylamine groups is 1. The number of nitrogens with two attached hydrogens (primary N) is 1. The fourth-order valence-electron chi connectivity index (χ4n) is 4.25. The highest BCUT2D eigenvalue weighted by molar-refractivity contribution is 7.86. The second kappa shape index (κ2) is 12.4. The summed E-state index contributed by atoms with van der Waals surface area (Å²) >= 11 is 0. The molecule has 1 unspecified atom stereocenters. The fourth-order valence-corrected chi connectivity index (χ4v) is 5.66. The van der Waals surface area contributed by atoms with E-state index in [1.54, 1.807) is 30.8 Å². The Kier molecular flexibility index (Phi) is 8.81. The SMILES string of the molecule is COc1ccc(N)cc1S(=O)N(CCCCCCC(=O)NO)c1ccc(-c2ccc3cc[nH]c3c2)cc1. The van der Waals surface area contributed by atoms with Crippen LogP contribution in [0.3, 0.4) is 0 Å². The maximum Gasteiger partial charge on any atom is 0.243 e. The molecule has 9 heteroatoms. The lowest BCUT2D eigenvalue weighted by Crippen LogP contribution is -2.27. The molecule has 0 aliphatic carbocycles. The number of ether oxygens (including phenoxy) is 1. The van der Waals surface area contributed by atoms with E-state index in [-0.39, 0.29) is 12.3 Å². The summed E-state index contributed by atoms with van der Waals surface area (Å²) in [6.45, 7) is 0.546. The van der Waals surface area contributed by atoms with Crippen molar-refractivity contribution in [1.82, 2.24) is 10.5 Å². The third kappa shape index (κ3) is 6.49. The Balaban J connectivity index is 1.54. The molecule has 8 nitrogen and oxygen atoms in total. The molecule has 194 valence electrons. The number of hydrogen-bond donors (Lipinski definition) is 4. The van der Waals surface area contributed by atoms with Crippen LogP contribution in [-0.4, -0.2) is 34.0 Å². The van der Waals surface area contributed by atoms with E-state index in [1.807, 2.05) is 40.8 Å². The Morgan fingerprint density at radius 1 is 1.00 bits per heavy atom. The van der Waals surface area contributed by atoms with E-state index in [1.165, 1.54) is 0 Å². The second-order valence-corrected chi connectivity index (χ2v) is 10.2. The summed E-state index contributed by atoms with van der Waals surface area (Å²) in [4.78, 5) is 15.0. The first kappa shape index (κ1) is 26.2.